The van der Waals surface area contributed by atoms with Gasteiger partial charge < -0.3 is 4.90 Å². The van der Waals surface area contributed by atoms with E-state index in [1.807, 2.05) is 20.8 Å². The van der Waals surface area contributed by atoms with Gasteiger partial charge in [0.2, 0.25) is 5.91 Å². The maximum absolute atomic E-state index is 13.2. The molecule has 2 fully saturated rings. The maximum atomic E-state index is 13.2. The normalized spacial score (nSPS) is 18.5. The largest absolute Gasteiger partial charge is 0.312 e. The van der Waals surface area contributed by atoms with Gasteiger partial charge in [-0.3, -0.25) is 4.79 Å². The molecule has 1 amide bonds. The minimum atomic E-state index is -2.84. The summed E-state index contributed by atoms with van der Waals surface area (Å²) in [6, 6.07) is 6.14. The highest BCUT2D eigenvalue weighted by Crippen LogP contribution is 2.46. The van der Waals surface area contributed by atoms with E-state index in [1.165, 1.54) is 18.6 Å². The number of benzene rings is 1. The van der Waals surface area contributed by atoms with E-state index in [4.69, 9.17) is 0 Å². The van der Waals surface area contributed by atoms with Gasteiger partial charge in [0.05, 0.1) is 5.41 Å². The Labute approximate surface area is 157 Å². The Kier molecular flexibility index (Phi) is 8.45. The number of halogens is 2. The number of carbonyl (C=O) groups is 1. The number of hydrogen-bond acceptors (Lipinski definition) is 1. The Bertz CT molecular complexity index is 569. The van der Waals surface area contributed by atoms with E-state index in [0.29, 0.717) is 6.54 Å². The molecule has 0 aromatic heterocycles. The summed E-state index contributed by atoms with van der Waals surface area (Å²) in [7, 11) is 0. The van der Waals surface area contributed by atoms with E-state index in [2.05, 4.69) is 6.58 Å². The summed E-state index contributed by atoms with van der Waals surface area (Å²) in [5, 5.41) is 0. The second-order valence-electron chi connectivity index (χ2n) is 6.89. The second-order valence-corrected chi connectivity index (χ2v) is 6.89. The van der Waals surface area contributed by atoms with Crippen molar-refractivity contribution in [2.45, 2.75) is 72.1 Å². The van der Waals surface area contributed by atoms with Crippen LogP contribution in [0.25, 0.3) is 0 Å². The van der Waals surface area contributed by atoms with E-state index in [1.54, 1.807) is 23.1 Å². The third-order valence-corrected chi connectivity index (χ3v) is 5.01. The number of allylic oxidation sites excluding steroid dienone is 1. The number of amides is 1. The third kappa shape index (κ3) is 5.15. The first-order chi connectivity index (χ1) is 12.3. The van der Waals surface area contributed by atoms with Crippen molar-refractivity contribution in [3.63, 3.8) is 0 Å². The zero-order valence-electron chi connectivity index (χ0n) is 16.7. The Hall–Kier alpha value is -1.71. The Morgan fingerprint density at radius 3 is 2.04 bits per heavy atom. The Morgan fingerprint density at radius 2 is 1.58 bits per heavy atom. The van der Waals surface area contributed by atoms with Gasteiger partial charge in [0.15, 0.2) is 0 Å². The third-order valence-electron chi connectivity index (χ3n) is 5.01. The van der Waals surface area contributed by atoms with Crippen LogP contribution in [-0.2, 0) is 10.7 Å². The van der Waals surface area contributed by atoms with Crippen molar-refractivity contribution in [1.82, 2.24) is 0 Å². The van der Waals surface area contributed by atoms with Gasteiger partial charge in [0.25, 0.3) is 5.92 Å². The molecule has 1 heterocycles. The van der Waals surface area contributed by atoms with Crippen LogP contribution in [0, 0.1) is 5.41 Å². The summed E-state index contributed by atoms with van der Waals surface area (Å²) in [6.45, 7) is 10.8. The molecule has 1 saturated carbocycles. The summed E-state index contributed by atoms with van der Waals surface area (Å²) in [4.78, 5) is 14.5. The number of nitrogens with zero attached hydrogens (tertiary/aromatic N) is 1. The number of alkyl halides is 2. The summed E-state index contributed by atoms with van der Waals surface area (Å²) in [5.74, 6) is -2.64. The van der Waals surface area contributed by atoms with E-state index in [9.17, 15) is 13.6 Å². The standard InChI is InChI=1S/C17H21F2NO.C3H6.C2H6/c1-16(18,19)13-5-7-14(8-6-13)20-12-11-17(15(20)21)9-3-2-4-10-17;1-3-2;1-2/h5-8H,2-4,9-12H2,1H3;3H,1H2,2H3;1-2H3. The van der Waals surface area contributed by atoms with Crippen molar-refractivity contribution in [2.24, 2.45) is 5.41 Å². The second kappa shape index (κ2) is 9.84. The van der Waals surface area contributed by atoms with Crippen LogP contribution in [0.2, 0.25) is 0 Å². The van der Waals surface area contributed by atoms with Gasteiger partial charge in [-0.1, -0.05) is 51.3 Å². The van der Waals surface area contributed by atoms with Crippen molar-refractivity contribution in [1.29, 1.82) is 0 Å². The van der Waals surface area contributed by atoms with Gasteiger partial charge in [0, 0.05) is 24.7 Å². The van der Waals surface area contributed by atoms with Crippen LogP contribution in [0.1, 0.15) is 71.8 Å². The first kappa shape index (κ1) is 22.3. The van der Waals surface area contributed by atoms with Gasteiger partial charge in [0.1, 0.15) is 0 Å². The molecule has 1 aromatic carbocycles. The minimum Gasteiger partial charge on any atom is -0.312 e. The lowest BCUT2D eigenvalue weighted by Crippen LogP contribution is -2.36. The first-order valence-electron chi connectivity index (χ1n) is 9.71. The highest BCUT2D eigenvalue weighted by molar-refractivity contribution is 5.99. The quantitative estimate of drug-likeness (QED) is 0.534. The van der Waals surface area contributed by atoms with Crippen LogP contribution in [0.5, 0.6) is 0 Å². The van der Waals surface area contributed by atoms with Gasteiger partial charge in [-0.25, -0.2) is 8.78 Å². The molecule has 0 atom stereocenters. The van der Waals surface area contributed by atoms with Crippen molar-refractivity contribution < 1.29 is 13.6 Å². The molecule has 1 aliphatic heterocycles. The van der Waals surface area contributed by atoms with E-state index in [0.717, 1.165) is 44.7 Å². The average molecular weight is 366 g/mol. The Morgan fingerprint density at radius 1 is 1.08 bits per heavy atom. The molecule has 1 aliphatic carbocycles. The number of rotatable bonds is 2. The molecule has 1 aromatic rings. The number of carbonyl (C=O) groups excluding carboxylic acids is 1. The minimum absolute atomic E-state index is 0.00900. The molecule has 2 aliphatic rings. The lowest BCUT2D eigenvalue weighted by Gasteiger charge is -2.31. The fraction of sp³-hybridized carbons (Fsp3) is 0.591. The zero-order chi connectivity index (χ0) is 19.8. The number of hydrogen-bond donors (Lipinski definition) is 0. The summed E-state index contributed by atoms with van der Waals surface area (Å²) in [5.41, 5.74) is 0.562. The van der Waals surface area contributed by atoms with E-state index < -0.39 is 5.92 Å². The molecule has 0 bridgehead atoms. The zero-order valence-corrected chi connectivity index (χ0v) is 16.7. The smallest absolute Gasteiger partial charge is 0.270 e. The molecule has 2 nitrogen and oxygen atoms in total. The fourth-order valence-corrected chi connectivity index (χ4v) is 3.69. The van der Waals surface area contributed by atoms with Crippen LogP contribution in [0.15, 0.2) is 36.9 Å². The van der Waals surface area contributed by atoms with Crippen LogP contribution < -0.4 is 4.90 Å². The van der Waals surface area contributed by atoms with Gasteiger partial charge in [-0.05, 0) is 38.3 Å². The number of anilines is 1. The van der Waals surface area contributed by atoms with Crippen LogP contribution in [-0.4, -0.2) is 12.5 Å². The molecular weight excluding hydrogens is 332 g/mol. The highest BCUT2D eigenvalue weighted by Gasteiger charge is 2.47. The van der Waals surface area contributed by atoms with Crippen LogP contribution in [0.4, 0.5) is 14.5 Å². The molecular formula is C22H33F2NO. The topological polar surface area (TPSA) is 20.3 Å². The van der Waals surface area contributed by atoms with Crippen molar-refractivity contribution >= 4 is 11.6 Å². The van der Waals surface area contributed by atoms with Crippen molar-refractivity contribution in [3.8, 4) is 0 Å². The molecule has 1 saturated heterocycles. The molecule has 26 heavy (non-hydrogen) atoms. The average Bonchev–Trinajstić information content (AvgIpc) is 2.94. The van der Waals surface area contributed by atoms with Crippen molar-refractivity contribution in [2.75, 3.05) is 11.4 Å². The maximum Gasteiger partial charge on any atom is 0.270 e. The molecule has 1 spiro atoms. The molecule has 0 N–H and O–H groups in total. The predicted molar refractivity (Wildman–Crippen MR) is 106 cm³/mol. The van der Waals surface area contributed by atoms with Crippen molar-refractivity contribution in [3.05, 3.63) is 42.5 Å². The summed E-state index contributed by atoms with van der Waals surface area (Å²) < 4.78 is 26.5. The predicted octanol–water partition coefficient (Wildman–Crippen LogP) is 6.70. The van der Waals surface area contributed by atoms with E-state index >= 15 is 0 Å². The molecule has 146 valence electrons. The lowest BCUT2D eigenvalue weighted by molar-refractivity contribution is -0.127. The van der Waals surface area contributed by atoms with Gasteiger partial charge in [-0.2, -0.15) is 0 Å². The van der Waals surface area contributed by atoms with Gasteiger partial charge >= 0.3 is 0 Å². The summed E-state index contributed by atoms with van der Waals surface area (Å²) in [6.07, 6.45) is 8.08. The SMILES string of the molecule is C=CC.CC.CC(F)(F)c1ccc(N2CCC3(CCCCC3)C2=O)cc1. The Balaban J connectivity index is 0.000000615. The fourth-order valence-electron chi connectivity index (χ4n) is 3.69. The summed E-state index contributed by atoms with van der Waals surface area (Å²) >= 11 is 0. The van der Waals surface area contributed by atoms with Crippen LogP contribution in [0.3, 0.4) is 0 Å². The van der Waals surface area contributed by atoms with E-state index in [-0.39, 0.29) is 16.9 Å². The van der Waals surface area contributed by atoms with Gasteiger partial charge in [-0.15, -0.1) is 6.58 Å². The molecule has 4 heteroatoms. The molecule has 0 radical (unpaired) electrons. The lowest BCUT2D eigenvalue weighted by atomic mass is 9.73. The highest BCUT2D eigenvalue weighted by atomic mass is 19.3. The molecule has 3 rings (SSSR count). The first-order valence-corrected chi connectivity index (χ1v) is 9.71. The molecule has 0 unspecified atom stereocenters. The van der Waals surface area contributed by atoms with Crippen LogP contribution >= 0.6 is 0 Å². The monoisotopic (exact) mass is 365 g/mol.